The zero-order chi connectivity index (χ0) is 19.1. The number of nitrogens with zero attached hydrogens (tertiary/aromatic N) is 3. The Hall–Kier alpha value is -2.06. The van der Waals surface area contributed by atoms with Gasteiger partial charge in [-0.2, -0.15) is 5.26 Å². The third kappa shape index (κ3) is 5.46. The molecule has 146 valence electrons. The Morgan fingerprint density at radius 3 is 2.74 bits per heavy atom. The predicted octanol–water partition coefficient (Wildman–Crippen LogP) is 3.44. The van der Waals surface area contributed by atoms with E-state index in [1.807, 2.05) is 12.1 Å². The molecular weight excluding hydrogens is 338 g/mol. The first kappa shape index (κ1) is 19.7. The molecule has 0 N–H and O–H groups in total. The summed E-state index contributed by atoms with van der Waals surface area (Å²) >= 11 is 0. The van der Waals surface area contributed by atoms with Crippen molar-refractivity contribution in [2.24, 2.45) is 5.92 Å². The summed E-state index contributed by atoms with van der Waals surface area (Å²) in [6, 6.07) is 9.91. The normalized spacial score (nSPS) is 22.1. The van der Waals surface area contributed by atoms with Gasteiger partial charge in [-0.1, -0.05) is 18.9 Å². The molecule has 1 unspecified atom stereocenters. The van der Waals surface area contributed by atoms with Crippen molar-refractivity contribution in [2.75, 3.05) is 32.8 Å². The van der Waals surface area contributed by atoms with E-state index in [0.717, 1.165) is 38.3 Å². The van der Waals surface area contributed by atoms with Crippen LogP contribution in [0.5, 0.6) is 5.75 Å². The number of rotatable bonds is 5. The molecule has 1 aromatic rings. The molecule has 1 aromatic carbocycles. The standard InChI is InChI=1S/C22H31N3O2/c1-18(26)25-11-4-2-3-8-22(25)20-9-12-24(13-10-20)14-15-27-21-7-5-6-19(16-21)17-23/h5-7,16,20,22H,2-4,8-15H2,1H3. The summed E-state index contributed by atoms with van der Waals surface area (Å²) in [5.74, 6) is 1.65. The van der Waals surface area contributed by atoms with Crippen molar-refractivity contribution in [3.8, 4) is 11.8 Å². The Balaban J connectivity index is 1.44. The highest BCUT2D eigenvalue weighted by Crippen LogP contribution is 2.30. The maximum absolute atomic E-state index is 12.1. The highest BCUT2D eigenvalue weighted by atomic mass is 16.5. The van der Waals surface area contributed by atoms with Crippen molar-refractivity contribution >= 4 is 5.91 Å². The predicted molar refractivity (Wildman–Crippen MR) is 105 cm³/mol. The van der Waals surface area contributed by atoms with Gasteiger partial charge in [-0.05, 0) is 62.9 Å². The number of carbonyl (C=O) groups excluding carboxylic acids is 1. The molecule has 1 amide bonds. The maximum Gasteiger partial charge on any atom is 0.219 e. The number of hydrogen-bond donors (Lipinski definition) is 0. The van der Waals surface area contributed by atoms with Gasteiger partial charge in [0.2, 0.25) is 5.91 Å². The van der Waals surface area contributed by atoms with E-state index in [-0.39, 0.29) is 5.91 Å². The largest absolute Gasteiger partial charge is 0.492 e. The fraction of sp³-hybridized carbons (Fsp3) is 0.636. The molecule has 27 heavy (non-hydrogen) atoms. The van der Waals surface area contributed by atoms with Crippen LogP contribution in [0, 0.1) is 17.2 Å². The van der Waals surface area contributed by atoms with Crippen LogP contribution in [-0.4, -0.2) is 54.5 Å². The van der Waals surface area contributed by atoms with E-state index < -0.39 is 0 Å². The van der Waals surface area contributed by atoms with Crippen molar-refractivity contribution in [1.82, 2.24) is 9.80 Å². The van der Waals surface area contributed by atoms with Gasteiger partial charge < -0.3 is 9.64 Å². The van der Waals surface area contributed by atoms with Gasteiger partial charge in [-0.3, -0.25) is 9.69 Å². The average molecular weight is 370 g/mol. The van der Waals surface area contributed by atoms with Gasteiger partial charge in [-0.25, -0.2) is 0 Å². The van der Waals surface area contributed by atoms with Crippen LogP contribution >= 0.6 is 0 Å². The molecule has 0 spiro atoms. The number of benzene rings is 1. The molecule has 5 nitrogen and oxygen atoms in total. The molecule has 2 heterocycles. The molecule has 2 saturated heterocycles. The van der Waals surface area contributed by atoms with Crippen molar-refractivity contribution in [1.29, 1.82) is 5.26 Å². The molecule has 2 aliphatic heterocycles. The summed E-state index contributed by atoms with van der Waals surface area (Å²) in [5, 5.41) is 8.96. The minimum absolute atomic E-state index is 0.248. The molecule has 3 rings (SSSR count). The molecule has 1 atom stereocenters. The minimum atomic E-state index is 0.248. The van der Waals surface area contributed by atoms with Gasteiger partial charge in [0, 0.05) is 26.1 Å². The van der Waals surface area contributed by atoms with Gasteiger partial charge in [0.1, 0.15) is 12.4 Å². The summed E-state index contributed by atoms with van der Waals surface area (Å²) < 4.78 is 5.81. The number of ether oxygens (including phenoxy) is 1. The molecule has 2 fully saturated rings. The second kappa shape index (κ2) is 9.75. The van der Waals surface area contributed by atoms with Crippen molar-refractivity contribution in [3.05, 3.63) is 29.8 Å². The van der Waals surface area contributed by atoms with Gasteiger partial charge in [0.15, 0.2) is 0 Å². The molecule has 0 radical (unpaired) electrons. The lowest BCUT2D eigenvalue weighted by Gasteiger charge is -2.40. The smallest absolute Gasteiger partial charge is 0.219 e. The first-order valence-corrected chi connectivity index (χ1v) is 10.3. The summed E-state index contributed by atoms with van der Waals surface area (Å²) in [7, 11) is 0. The Morgan fingerprint density at radius 1 is 1.19 bits per heavy atom. The number of hydrogen-bond acceptors (Lipinski definition) is 4. The van der Waals surface area contributed by atoms with Gasteiger partial charge in [0.25, 0.3) is 0 Å². The average Bonchev–Trinajstić information content (AvgIpc) is 2.95. The minimum Gasteiger partial charge on any atom is -0.492 e. The van der Waals surface area contributed by atoms with Gasteiger partial charge >= 0.3 is 0 Å². The second-order valence-corrected chi connectivity index (χ2v) is 7.80. The molecule has 0 bridgehead atoms. The molecular formula is C22H31N3O2. The third-order valence-corrected chi connectivity index (χ3v) is 6.02. The van der Waals surface area contributed by atoms with E-state index in [1.54, 1.807) is 19.1 Å². The Kier molecular flexibility index (Phi) is 7.11. The first-order valence-electron chi connectivity index (χ1n) is 10.3. The topological polar surface area (TPSA) is 56.6 Å². The SMILES string of the molecule is CC(=O)N1CCCCCC1C1CCN(CCOc2cccc(C#N)c2)CC1. The lowest BCUT2D eigenvalue weighted by Crippen LogP contribution is -2.47. The number of carbonyl (C=O) groups is 1. The molecule has 5 heteroatoms. The lowest BCUT2D eigenvalue weighted by atomic mass is 9.86. The Morgan fingerprint density at radius 2 is 2.00 bits per heavy atom. The van der Waals surface area contributed by atoms with Crippen molar-refractivity contribution in [2.45, 2.75) is 51.5 Å². The Bertz CT molecular complexity index is 662. The van der Waals surface area contributed by atoms with E-state index in [1.165, 1.54) is 32.1 Å². The van der Waals surface area contributed by atoms with Gasteiger partial charge in [-0.15, -0.1) is 0 Å². The molecule has 0 aliphatic carbocycles. The molecule has 2 aliphatic rings. The quantitative estimate of drug-likeness (QED) is 0.798. The highest BCUT2D eigenvalue weighted by molar-refractivity contribution is 5.73. The van der Waals surface area contributed by atoms with Crippen LogP contribution in [0.2, 0.25) is 0 Å². The number of nitriles is 1. The van der Waals surface area contributed by atoms with E-state index in [2.05, 4.69) is 15.9 Å². The summed E-state index contributed by atoms with van der Waals surface area (Å²) in [6.45, 7) is 6.37. The van der Waals surface area contributed by atoms with E-state index in [4.69, 9.17) is 10.00 Å². The van der Waals surface area contributed by atoms with Gasteiger partial charge in [0.05, 0.1) is 11.6 Å². The zero-order valence-electron chi connectivity index (χ0n) is 16.4. The van der Waals surface area contributed by atoms with Crippen LogP contribution < -0.4 is 4.74 Å². The summed E-state index contributed by atoms with van der Waals surface area (Å²) in [6.07, 6.45) is 7.16. The van der Waals surface area contributed by atoms with Crippen molar-refractivity contribution < 1.29 is 9.53 Å². The summed E-state index contributed by atoms with van der Waals surface area (Å²) in [4.78, 5) is 16.7. The van der Waals surface area contributed by atoms with E-state index in [0.29, 0.717) is 24.1 Å². The number of piperidine rings is 1. The summed E-state index contributed by atoms with van der Waals surface area (Å²) in [5.41, 5.74) is 0.631. The number of amides is 1. The van der Waals surface area contributed by atoms with Crippen LogP contribution in [0.15, 0.2) is 24.3 Å². The van der Waals surface area contributed by atoms with Crippen LogP contribution in [0.1, 0.15) is 51.0 Å². The fourth-order valence-corrected chi connectivity index (χ4v) is 4.52. The third-order valence-electron chi connectivity index (χ3n) is 6.02. The first-order chi connectivity index (χ1) is 13.2. The van der Waals surface area contributed by atoms with E-state index in [9.17, 15) is 4.79 Å². The fourth-order valence-electron chi connectivity index (χ4n) is 4.52. The van der Waals surface area contributed by atoms with Crippen LogP contribution in [0.25, 0.3) is 0 Å². The Labute approximate surface area is 162 Å². The van der Waals surface area contributed by atoms with E-state index >= 15 is 0 Å². The van der Waals surface area contributed by atoms with Crippen molar-refractivity contribution in [3.63, 3.8) is 0 Å². The van der Waals surface area contributed by atoms with Crippen LogP contribution in [0.4, 0.5) is 0 Å². The number of likely N-dealkylation sites (tertiary alicyclic amines) is 2. The second-order valence-electron chi connectivity index (χ2n) is 7.80. The lowest BCUT2D eigenvalue weighted by molar-refractivity contribution is -0.132. The highest BCUT2D eigenvalue weighted by Gasteiger charge is 2.32. The monoisotopic (exact) mass is 369 g/mol. The zero-order valence-corrected chi connectivity index (χ0v) is 16.4. The molecule has 0 aromatic heterocycles. The maximum atomic E-state index is 12.1. The van der Waals surface area contributed by atoms with Crippen LogP contribution in [0.3, 0.4) is 0 Å². The van der Waals surface area contributed by atoms with Crippen LogP contribution in [-0.2, 0) is 4.79 Å². The molecule has 0 saturated carbocycles.